The van der Waals surface area contributed by atoms with E-state index in [0.717, 1.165) is 0 Å². The van der Waals surface area contributed by atoms with Gasteiger partial charge in [-0.1, -0.05) is 13.8 Å². The Hall–Kier alpha value is -2.35. The second kappa shape index (κ2) is 7.34. The number of rotatable bonds is 6. The van der Waals surface area contributed by atoms with Crippen LogP contribution in [-0.2, 0) is 24.0 Å². The van der Waals surface area contributed by atoms with E-state index in [1.165, 1.54) is 6.33 Å². The number of ether oxygens (including phenoxy) is 1. The zero-order valence-electron chi connectivity index (χ0n) is 14.7. The molecule has 1 amide bonds. The lowest BCUT2D eigenvalue weighted by Gasteiger charge is -2.15. The standard InChI is InChI=1S/C14H20N6O6S/c1-7(2)12(21)18-14-17-11-10(13(22)19-14)16-6-20(11)9-4-3-8(26-9)5-25-27(15,23)24/h6-9H,3-5H2,1-2H3,(H2,15,23,24)(H2,17,18,19,21,22)/t8?,9-/m1/s1. The number of imidazole rings is 1. The van der Waals surface area contributed by atoms with Crippen molar-refractivity contribution in [3.05, 3.63) is 16.7 Å². The summed E-state index contributed by atoms with van der Waals surface area (Å²) < 4.78 is 33.6. The van der Waals surface area contributed by atoms with Crippen LogP contribution >= 0.6 is 0 Å². The van der Waals surface area contributed by atoms with Crippen molar-refractivity contribution < 1.29 is 22.1 Å². The molecule has 0 aliphatic carbocycles. The number of fused-ring (bicyclic) bond motifs is 1. The number of nitrogens with zero attached hydrogens (tertiary/aromatic N) is 3. The molecule has 148 valence electrons. The van der Waals surface area contributed by atoms with Gasteiger partial charge in [-0.25, -0.2) is 10.1 Å². The molecular weight excluding hydrogens is 380 g/mol. The lowest BCUT2D eigenvalue weighted by molar-refractivity contribution is -0.118. The highest BCUT2D eigenvalue weighted by Gasteiger charge is 2.29. The van der Waals surface area contributed by atoms with E-state index in [1.54, 1.807) is 18.4 Å². The summed E-state index contributed by atoms with van der Waals surface area (Å²) in [7, 11) is -4.04. The molecule has 1 fully saturated rings. The Labute approximate surface area is 154 Å². The number of hydrogen-bond acceptors (Lipinski definition) is 8. The Morgan fingerprint density at radius 1 is 1.52 bits per heavy atom. The lowest BCUT2D eigenvalue weighted by Crippen LogP contribution is -2.24. The molecule has 3 heterocycles. The summed E-state index contributed by atoms with van der Waals surface area (Å²) in [6.07, 6.45) is 1.49. The zero-order valence-corrected chi connectivity index (χ0v) is 15.5. The number of aromatic nitrogens is 4. The normalized spacial score (nSPS) is 20.4. The number of aromatic amines is 1. The van der Waals surface area contributed by atoms with Gasteiger partial charge >= 0.3 is 10.3 Å². The molecule has 2 atom stereocenters. The summed E-state index contributed by atoms with van der Waals surface area (Å²) in [6, 6.07) is 0. The third-order valence-electron chi connectivity index (χ3n) is 4.01. The minimum Gasteiger partial charge on any atom is -0.352 e. The first-order valence-corrected chi connectivity index (χ1v) is 9.71. The van der Waals surface area contributed by atoms with Gasteiger partial charge in [0.25, 0.3) is 5.56 Å². The van der Waals surface area contributed by atoms with E-state index in [9.17, 15) is 18.0 Å². The number of anilines is 1. The van der Waals surface area contributed by atoms with Crippen LogP contribution in [0.5, 0.6) is 0 Å². The zero-order chi connectivity index (χ0) is 19.8. The Morgan fingerprint density at radius 3 is 2.93 bits per heavy atom. The SMILES string of the molecule is CC(C)C(=O)Nc1nc2c(ncn2[C@H]2CCC(COS(N)(=O)=O)O2)c(=O)[nH]1. The monoisotopic (exact) mass is 400 g/mol. The van der Waals surface area contributed by atoms with Gasteiger partial charge in [0.15, 0.2) is 11.2 Å². The highest BCUT2D eigenvalue weighted by molar-refractivity contribution is 7.84. The van der Waals surface area contributed by atoms with E-state index in [0.29, 0.717) is 12.8 Å². The van der Waals surface area contributed by atoms with Crippen LogP contribution in [0.25, 0.3) is 11.2 Å². The molecule has 27 heavy (non-hydrogen) atoms. The molecule has 2 aromatic heterocycles. The maximum absolute atomic E-state index is 12.2. The Kier molecular flexibility index (Phi) is 5.28. The Morgan fingerprint density at radius 2 is 2.26 bits per heavy atom. The fourth-order valence-corrected chi connectivity index (χ4v) is 2.98. The number of hydrogen-bond donors (Lipinski definition) is 3. The van der Waals surface area contributed by atoms with Crippen molar-refractivity contribution in [1.82, 2.24) is 19.5 Å². The second-order valence-corrected chi connectivity index (χ2v) is 7.67. The number of nitrogens with two attached hydrogens (primary N) is 1. The fourth-order valence-electron chi connectivity index (χ4n) is 2.64. The van der Waals surface area contributed by atoms with Gasteiger partial charge in [0.2, 0.25) is 11.9 Å². The van der Waals surface area contributed by atoms with Crippen LogP contribution < -0.4 is 16.0 Å². The predicted molar refractivity (Wildman–Crippen MR) is 93.8 cm³/mol. The summed E-state index contributed by atoms with van der Waals surface area (Å²) in [5, 5.41) is 7.35. The number of amides is 1. The average molecular weight is 400 g/mol. The minimum atomic E-state index is -4.04. The molecule has 0 bridgehead atoms. The minimum absolute atomic E-state index is 0.0139. The molecule has 0 saturated carbocycles. The average Bonchev–Trinajstić information content (AvgIpc) is 3.18. The van der Waals surface area contributed by atoms with Crippen LogP contribution in [0.2, 0.25) is 0 Å². The molecule has 13 heteroatoms. The molecule has 4 N–H and O–H groups in total. The first-order chi connectivity index (χ1) is 12.6. The molecule has 0 aromatic carbocycles. The number of H-pyrrole nitrogens is 1. The van der Waals surface area contributed by atoms with Crippen molar-refractivity contribution in [2.45, 2.75) is 39.0 Å². The van der Waals surface area contributed by atoms with Crippen LogP contribution in [0.3, 0.4) is 0 Å². The largest absolute Gasteiger partial charge is 0.352 e. The maximum Gasteiger partial charge on any atom is 0.333 e. The molecule has 1 aliphatic heterocycles. The topological polar surface area (TPSA) is 171 Å². The molecule has 2 aromatic rings. The van der Waals surface area contributed by atoms with Crippen molar-refractivity contribution >= 4 is 33.3 Å². The maximum atomic E-state index is 12.2. The molecular formula is C14H20N6O6S. The van der Waals surface area contributed by atoms with E-state index in [-0.39, 0.29) is 35.5 Å². The second-order valence-electron chi connectivity index (χ2n) is 6.45. The predicted octanol–water partition coefficient (Wildman–Crippen LogP) is -0.388. The highest BCUT2D eigenvalue weighted by atomic mass is 32.2. The van der Waals surface area contributed by atoms with Crippen LogP contribution in [0.15, 0.2) is 11.1 Å². The Bertz CT molecular complexity index is 1010. The summed E-state index contributed by atoms with van der Waals surface area (Å²) in [5.74, 6) is -0.561. The number of carbonyl (C=O) groups is 1. The Balaban J connectivity index is 1.82. The lowest BCUT2D eigenvalue weighted by atomic mass is 10.2. The first-order valence-electron chi connectivity index (χ1n) is 8.24. The van der Waals surface area contributed by atoms with Crippen molar-refractivity contribution in [2.75, 3.05) is 11.9 Å². The molecule has 1 saturated heterocycles. The van der Waals surface area contributed by atoms with Crippen LogP contribution in [-0.4, -0.2) is 46.6 Å². The quantitative estimate of drug-likeness (QED) is 0.588. The van der Waals surface area contributed by atoms with Crippen LogP contribution in [0, 0.1) is 5.92 Å². The molecule has 0 spiro atoms. The van der Waals surface area contributed by atoms with Gasteiger partial charge in [0.05, 0.1) is 19.0 Å². The van der Waals surface area contributed by atoms with Gasteiger partial charge in [-0.15, -0.1) is 0 Å². The molecule has 1 aliphatic rings. The highest BCUT2D eigenvalue weighted by Crippen LogP contribution is 2.30. The summed E-state index contributed by atoms with van der Waals surface area (Å²) in [5.41, 5.74) is -0.147. The van der Waals surface area contributed by atoms with E-state index in [1.807, 2.05) is 0 Å². The van der Waals surface area contributed by atoms with Gasteiger partial charge in [0, 0.05) is 5.92 Å². The van der Waals surface area contributed by atoms with Crippen molar-refractivity contribution in [3.63, 3.8) is 0 Å². The molecule has 1 unspecified atom stereocenters. The van der Waals surface area contributed by atoms with E-state index < -0.39 is 28.2 Å². The van der Waals surface area contributed by atoms with Crippen molar-refractivity contribution in [1.29, 1.82) is 0 Å². The first kappa shape index (κ1) is 19.4. The van der Waals surface area contributed by atoms with E-state index in [2.05, 4.69) is 24.5 Å². The van der Waals surface area contributed by atoms with Gasteiger partial charge < -0.3 is 4.74 Å². The third kappa shape index (κ3) is 4.50. The van der Waals surface area contributed by atoms with Crippen LogP contribution in [0.4, 0.5) is 5.95 Å². The molecule has 12 nitrogen and oxygen atoms in total. The van der Waals surface area contributed by atoms with Crippen molar-refractivity contribution in [3.8, 4) is 0 Å². The van der Waals surface area contributed by atoms with Gasteiger partial charge in [0.1, 0.15) is 6.23 Å². The number of carbonyl (C=O) groups excluding carboxylic acids is 1. The summed E-state index contributed by atoms with van der Waals surface area (Å²) in [6.45, 7) is 3.23. The smallest absolute Gasteiger partial charge is 0.333 e. The summed E-state index contributed by atoms with van der Waals surface area (Å²) >= 11 is 0. The van der Waals surface area contributed by atoms with E-state index >= 15 is 0 Å². The molecule has 3 rings (SSSR count). The van der Waals surface area contributed by atoms with Gasteiger partial charge in [-0.2, -0.15) is 13.4 Å². The fraction of sp³-hybridized carbons (Fsp3) is 0.571. The van der Waals surface area contributed by atoms with Gasteiger partial charge in [-0.3, -0.25) is 28.6 Å². The van der Waals surface area contributed by atoms with E-state index in [4.69, 9.17) is 9.88 Å². The van der Waals surface area contributed by atoms with Crippen LogP contribution in [0.1, 0.15) is 32.9 Å². The summed E-state index contributed by atoms with van der Waals surface area (Å²) in [4.78, 5) is 34.8. The van der Waals surface area contributed by atoms with Gasteiger partial charge in [-0.05, 0) is 12.8 Å². The molecule has 0 radical (unpaired) electrons. The van der Waals surface area contributed by atoms with Crippen molar-refractivity contribution in [2.24, 2.45) is 11.1 Å². The number of nitrogens with one attached hydrogen (secondary N) is 2. The third-order valence-corrected chi connectivity index (χ3v) is 4.48.